The number of carbonyl (C=O) groups is 1. The lowest BCUT2D eigenvalue weighted by molar-refractivity contribution is 0.0928. The Kier molecular flexibility index (Phi) is 3.39. The van der Waals surface area contributed by atoms with Gasteiger partial charge in [0.15, 0.2) is 0 Å². The van der Waals surface area contributed by atoms with Gasteiger partial charge in [0.25, 0.3) is 5.91 Å². The number of nitrogens with zero attached hydrogens (tertiary/aromatic N) is 1. The highest BCUT2D eigenvalue weighted by atomic mass is 32.1. The van der Waals surface area contributed by atoms with E-state index in [0.717, 1.165) is 23.5 Å². The van der Waals surface area contributed by atoms with Crippen LogP contribution >= 0.6 is 11.3 Å². The molecule has 0 aliphatic carbocycles. The Bertz CT molecular complexity index is 712. The highest BCUT2D eigenvalue weighted by molar-refractivity contribution is 7.17. The third-order valence-corrected chi connectivity index (χ3v) is 5.77. The van der Waals surface area contributed by atoms with Crippen LogP contribution in [0.1, 0.15) is 16.1 Å². The summed E-state index contributed by atoms with van der Waals surface area (Å²) < 4.78 is 0. The van der Waals surface area contributed by atoms with Crippen LogP contribution in [0, 0.1) is 5.92 Å². The number of thiophene rings is 1. The maximum absolute atomic E-state index is 12.4. The first kappa shape index (κ1) is 13.8. The van der Waals surface area contributed by atoms with Crippen LogP contribution in [0.2, 0.25) is 0 Å². The molecule has 5 heteroatoms. The lowest BCUT2D eigenvalue weighted by atomic mass is 10.00. The number of benzene rings is 1. The standard InChI is InChI=1S/C17H18N2O2S/c20-14-4-2-1-3-12(14)15-5-6-16(22-15)17(21)18-13-10-19-8-7-11(13)9-19/h1-6,11,13,20H,7-10H2,(H,18,21)/t11-,13+/m1/s1. The first-order valence-electron chi connectivity index (χ1n) is 7.62. The molecule has 1 aromatic heterocycles. The first-order valence-corrected chi connectivity index (χ1v) is 8.44. The van der Waals surface area contributed by atoms with Crippen LogP contribution in [0.3, 0.4) is 0 Å². The molecule has 2 saturated heterocycles. The van der Waals surface area contributed by atoms with Gasteiger partial charge in [-0.15, -0.1) is 11.3 Å². The number of phenolic OH excluding ortho intramolecular Hbond substituents is 1. The van der Waals surface area contributed by atoms with Crippen molar-refractivity contribution in [3.63, 3.8) is 0 Å². The summed E-state index contributed by atoms with van der Waals surface area (Å²) in [7, 11) is 0. The molecule has 114 valence electrons. The molecule has 2 aromatic rings. The number of hydrogen-bond donors (Lipinski definition) is 2. The maximum Gasteiger partial charge on any atom is 0.261 e. The summed E-state index contributed by atoms with van der Waals surface area (Å²) >= 11 is 1.43. The molecule has 4 nitrogen and oxygen atoms in total. The quantitative estimate of drug-likeness (QED) is 0.915. The van der Waals surface area contributed by atoms with E-state index in [4.69, 9.17) is 0 Å². The number of hydrogen-bond acceptors (Lipinski definition) is 4. The smallest absolute Gasteiger partial charge is 0.261 e. The zero-order valence-electron chi connectivity index (χ0n) is 12.2. The summed E-state index contributed by atoms with van der Waals surface area (Å²) in [5.41, 5.74) is 0.776. The lowest BCUT2D eigenvalue weighted by Gasteiger charge is -2.22. The molecule has 2 N–H and O–H groups in total. The fourth-order valence-electron chi connectivity index (χ4n) is 3.47. The second kappa shape index (κ2) is 5.41. The summed E-state index contributed by atoms with van der Waals surface area (Å²) in [6.07, 6.45) is 1.19. The van der Waals surface area contributed by atoms with Crippen LogP contribution in [0.4, 0.5) is 0 Å². The monoisotopic (exact) mass is 314 g/mol. The highest BCUT2D eigenvalue weighted by Gasteiger charge is 2.38. The molecule has 3 heterocycles. The minimum absolute atomic E-state index is 0.00502. The van der Waals surface area contributed by atoms with Crippen LogP contribution in [-0.4, -0.2) is 41.6 Å². The highest BCUT2D eigenvalue weighted by Crippen LogP contribution is 2.34. The van der Waals surface area contributed by atoms with Gasteiger partial charge >= 0.3 is 0 Å². The third-order valence-electron chi connectivity index (χ3n) is 4.65. The van der Waals surface area contributed by atoms with E-state index in [1.54, 1.807) is 12.1 Å². The molecule has 22 heavy (non-hydrogen) atoms. The van der Waals surface area contributed by atoms with Crippen LogP contribution in [0.5, 0.6) is 5.75 Å². The molecule has 2 fully saturated rings. The number of phenols is 1. The Balaban J connectivity index is 1.49. The Labute approximate surface area is 133 Å². The van der Waals surface area contributed by atoms with E-state index in [9.17, 15) is 9.90 Å². The topological polar surface area (TPSA) is 52.6 Å². The van der Waals surface area contributed by atoms with Crippen molar-refractivity contribution in [2.24, 2.45) is 5.92 Å². The molecule has 2 bridgehead atoms. The van der Waals surface area contributed by atoms with Gasteiger partial charge in [-0.05, 0) is 43.1 Å². The van der Waals surface area contributed by atoms with E-state index >= 15 is 0 Å². The van der Waals surface area contributed by atoms with Crippen molar-refractivity contribution < 1.29 is 9.90 Å². The average molecular weight is 314 g/mol. The van der Waals surface area contributed by atoms with Gasteiger partial charge in [-0.25, -0.2) is 0 Å². The average Bonchev–Trinajstić information content (AvgIpc) is 3.24. The molecule has 1 unspecified atom stereocenters. The lowest BCUT2D eigenvalue weighted by Crippen LogP contribution is -2.42. The van der Waals surface area contributed by atoms with Crippen LogP contribution in [-0.2, 0) is 0 Å². The van der Waals surface area contributed by atoms with E-state index in [0.29, 0.717) is 10.8 Å². The zero-order chi connectivity index (χ0) is 15.1. The molecule has 0 radical (unpaired) electrons. The van der Waals surface area contributed by atoms with Crippen molar-refractivity contribution in [1.82, 2.24) is 10.2 Å². The summed E-state index contributed by atoms with van der Waals surface area (Å²) in [5, 5.41) is 13.1. The van der Waals surface area contributed by atoms with Gasteiger partial charge in [-0.2, -0.15) is 0 Å². The van der Waals surface area contributed by atoms with E-state index in [-0.39, 0.29) is 17.7 Å². The summed E-state index contributed by atoms with van der Waals surface area (Å²) in [6, 6.07) is 11.2. The summed E-state index contributed by atoms with van der Waals surface area (Å²) in [6.45, 7) is 3.28. The minimum Gasteiger partial charge on any atom is -0.507 e. The van der Waals surface area contributed by atoms with Crippen molar-refractivity contribution in [3.8, 4) is 16.2 Å². The largest absolute Gasteiger partial charge is 0.507 e. The SMILES string of the molecule is O=C(N[C@H]1CN2CC[C@@H]1C2)c1ccc(-c2ccccc2O)s1. The summed E-state index contributed by atoms with van der Waals surface area (Å²) in [4.78, 5) is 16.5. The van der Waals surface area contributed by atoms with Crippen molar-refractivity contribution in [1.29, 1.82) is 0 Å². The van der Waals surface area contributed by atoms with Crippen molar-refractivity contribution in [2.45, 2.75) is 12.5 Å². The second-order valence-electron chi connectivity index (χ2n) is 6.07. The number of nitrogens with one attached hydrogen (secondary N) is 1. The molecule has 2 aliphatic rings. The van der Waals surface area contributed by atoms with Gasteiger partial charge < -0.3 is 15.3 Å². The Morgan fingerprint density at radius 3 is 2.82 bits per heavy atom. The van der Waals surface area contributed by atoms with Gasteiger partial charge in [0, 0.05) is 29.6 Å². The molecular formula is C17H18N2O2S. The molecule has 0 saturated carbocycles. The number of fused-ring (bicyclic) bond motifs is 2. The second-order valence-corrected chi connectivity index (χ2v) is 7.15. The third kappa shape index (κ3) is 2.40. The van der Waals surface area contributed by atoms with Gasteiger partial charge in [0.2, 0.25) is 0 Å². The van der Waals surface area contributed by atoms with Crippen LogP contribution in [0.15, 0.2) is 36.4 Å². The normalized spacial score (nSPS) is 26.3. The number of piperidine rings is 1. The van der Waals surface area contributed by atoms with Gasteiger partial charge in [-0.3, -0.25) is 4.79 Å². The van der Waals surface area contributed by atoms with E-state index in [1.807, 2.05) is 24.3 Å². The van der Waals surface area contributed by atoms with Crippen LogP contribution in [0.25, 0.3) is 10.4 Å². The van der Waals surface area contributed by atoms with E-state index in [1.165, 1.54) is 24.3 Å². The predicted molar refractivity (Wildman–Crippen MR) is 87.2 cm³/mol. The maximum atomic E-state index is 12.4. The zero-order valence-corrected chi connectivity index (χ0v) is 13.0. The van der Waals surface area contributed by atoms with Crippen molar-refractivity contribution in [2.75, 3.05) is 19.6 Å². The molecular weight excluding hydrogens is 296 g/mol. The molecule has 4 rings (SSSR count). The molecule has 0 spiro atoms. The van der Waals surface area contributed by atoms with Gasteiger partial charge in [0.1, 0.15) is 5.75 Å². The Hall–Kier alpha value is -1.85. The van der Waals surface area contributed by atoms with E-state index < -0.39 is 0 Å². The number of carbonyl (C=O) groups excluding carboxylic acids is 1. The Morgan fingerprint density at radius 2 is 2.09 bits per heavy atom. The fourth-order valence-corrected chi connectivity index (χ4v) is 4.42. The number of amides is 1. The van der Waals surface area contributed by atoms with Gasteiger partial charge in [0.05, 0.1) is 4.88 Å². The molecule has 2 aliphatic heterocycles. The Morgan fingerprint density at radius 1 is 1.23 bits per heavy atom. The van der Waals surface area contributed by atoms with Crippen molar-refractivity contribution >= 4 is 17.2 Å². The predicted octanol–water partition coefficient (Wildman–Crippen LogP) is 2.55. The number of para-hydroxylation sites is 1. The number of rotatable bonds is 3. The van der Waals surface area contributed by atoms with Crippen LogP contribution < -0.4 is 5.32 Å². The number of aromatic hydroxyl groups is 1. The van der Waals surface area contributed by atoms with Gasteiger partial charge in [-0.1, -0.05) is 12.1 Å². The van der Waals surface area contributed by atoms with E-state index in [2.05, 4.69) is 10.2 Å². The first-order chi connectivity index (χ1) is 10.7. The molecule has 1 aromatic carbocycles. The summed E-state index contributed by atoms with van der Waals surface area (Å²) in [5.74, 6) is 0.865. The molecule has 1 amide bonds. The fraction of sp³-hybridized carbons (Fsp3) is 0.353. The minimum atomic E-state index is 0.00502. The van der Waals surface area contributed by atoms with Crippen molar-refractivity contribution in [3.05, 3.63) is 41.3 Å². The molecule has 3 atom stereocenters.